The van der Waals surface area contributed by atoms with Gasteiger partial charge in [-0.3, -0.25) is 14.2 Å². The highest BCUT2D eigenvalue weighted by Gasteiger charge is 2.17. The van der Waals surface area contributed by atoms with Crippen LogP contribution in [0.3, 0.4) is 0 Å². The second-order valence-electron chi connectivity index (χ2n) is 8.08. The Balaban J connectivity index is 1.37. The van der Waals surface area contributed by atoms with E-state index in [1.165, 1.54) is 11.8 Å². The molecule has 0 radical (unpaired) electrons. The van der Waals surface area contributed by atoms with Crippen LogP contribution in [0.15, 0.2) is 90.1 Å². The van der Waals surface area contributed by atoms with E-state index < -0.39 is 5.97 Å². The van der Waals surface area contributed by atoms with Gasteiger partial charge in [0.1, 0.15) is 5.75 Å². The largest absolute Gasteiger partial charge is 0.484 e. The molecule has 4 rings (SSSR count). The fraction of sp³-hybridized carbons (Fsp3) is 0.179. The highest BCUT2D eigenvalue weighted by atomic mass is 32.2. The molecule has 200 valence electrons. The first-order valence-electron chi connectivity index (χ1n) is 12.2. The number of nitrogens with zero attached hydrogens (tertiary/aromatic N) is 3. The van der Waals surface area contributed by atoms with Crippen molar-refractivity contribution in [1.82, 2.24) is 20.1 Å². The third kappa shape index (κ3) is 7.92. The predicted octanol–water partition coefficient (Wildman–Crippen LogP) is 3.87. The van der Waals surface area contributed by atoms with E-state index in [0.717, 1.165) is 5.69 Å². The van der Waals surface area contributed by atoms with Crippen molar-refractivity contribution in [2.75, 3.05) is 24.3 Å². The van der Waals surface area contributed by atoms with E-state index in [0.29, 0.717) is 34.6 Å². The third-order valence-electron chi connectivity index (χ3n) is 5.28. The van der Waals surface area contributed by atoms with Gasteiger partial charge in [0.2, 0.25) is 5.91 Å². The SMILES string of the molecule is CCOC(=O)c1ccc(NC(=O)CSc2nnc(CNC(=O)COc3ccccc3)n2-c2ccccc2)cc1. The Morgan fingerprint density at radius 2 is 1.56 bits per heavy atom. The second-order valence-corrected chi connectivity index (χ2v) is 9.03. The molecule has 1 heterocycles. The van der Waals surface area contributed by atoms with Gasteiger partial charge in [0, 0.05) is 11.4 Å². The molecule has 0 fully saturated rings. The van der Waals surface area contributed by atoms with Gasteiger partial charge in [-0.05, 0) is 55.5 Å². The number of thioether (sulfide) groups is 1. The standard InChI is InChI=1S/C28H27N5O5S/c1-2-37-27(36)20-13-15-21(16-14-20)30-26(35)19-39-28-32-31-24(33(28)22-9-5-3-6-10-22)17-29-25(34)18-38-23-11-7-4-8-12-23/h3-16H,2,17-19H2,1H3,(H,29,34)(H,30,35). The van der Waals surface area contributed by atoms with Gasteiger partial charge in [0.25, 0.3) is 5.91 Å². The molecule has 11 heteroatoms. The molecule has 4 aromatic rings. The summed E-state index contributed by atoms with van der Waals surface area (Å²) in [5.41, 5.74) is 1.76. The van der Waals surface area contributed by atoms with Crippen molar-refractivity contribution in [2.45, 2.75) is 18.6 Å². The monoisotopic (exact) mass is 545 g/mol. The maximum atomic E-state index is 12.6. The van der Waals surface area contributed by atoms with Crippen molar-refractivity contribution in [3.8, 4) is 11.4 Å². The molecule has 0 saturated carbocycles. The molecule has 0 spiro atoms. The second kappa shape index (κ2) is 13.8. The fourth-order valence-electron chi connectivity index (χ4n) is 3.47. The molecule has 0 unspecified atom stereocenters. The van der Waals surface area contributed by atoms with Crippen LogP contribution in [-0.4, -0.2) is 51.5 Å². The van der Waals surface area contributed by atoms with Crippen molar-refractivity contribution in [3.63, 3.8) is 0 Å². The predicted molar refractivity (Wildman–Crippen MR) is 147 cm³/mol. The maximum Gasteiger partial charge on any atom is 0.338 e. The maximum absolute atomic E-state index is 12.6. The average Bonchev–Trinajstić information content (AvgIpc) is 3.38. The summed E-state index contributed by atoms with van der Waals surface area (Å²) in [6.07, 6.45) is 0. The molecule has 0 bridgehead atoms. The summed E-state index contributed by atoms with van der Waals surface area (Å²) in [6, 6.07) is 25.0. The Bertz CT molecular complexity index is 1400. The first-order chi connectivity index (χ1) is 19.0. The van der Waals surface area contributed by atoms with Gasteiger partial charge in [-0.1, -0.05) is 48.2 Å². The number of hydrogen-bond acceptors (Lipinski definition) is 8. The lowest BCUT2D eigenvalue weighted by Crippen LogP contribution is -2.29. The Kier molecular flexibility index (Phi) is 9.68. The average molecular weight is 546 g/mol. The van der Waals surface area contributed by atoms with Crippen LogP contribution in [0.2, 0.25) is 0 Å². The van der Waals surface area contributed by atoms with Gasteiger partial charge >= 0.3 is 5.97 Å². The number of hydrogen-bond donors (Lipinski definition) is 2. The van der Waals surface area contributed by atoms with E-state index >= 15 is 0 Å². The lowest BCUT2D eigenvalue weighted by Gasteiger charge is -2.11. The summed E-state index contributed by atoms with van der Waals surface area (Å²) in [5, 5.41) is 14.6. The number of amides is 2. The highest BCUT2D eigenvalue weighted by molar-refractivity contribution is 7.99. The lowest BCUT2D eigenvalue weighted by molar-refractivity contribution is -0.123. The number of carbonyl (C=O) groups excluding carboxylic acids is 3. The first kappa shape index (κ1) is 27.4. The number of carbonyl (C=O) groups is 3. The highest BCUT2D eigenvalue weighted by Crippen LogP contribution is 2.22. The van der Waals surface area contributed by atoms with Crippen LogP contribution in [0.4, 0.5) is 5.69 Å². The smallest absolute Gasteiger partial charge is 0.338 e. The number of ether oxygens (including phenoxy) is 2. The van der Waals surface area contributed by atoms with Gasteiger partial charge < -0.3 is 20.1 Å². The van der Waals surface area contributed by atoms with E-state index in [9.17, 15) is 14.4 Å². The summed E-state index contributed by atoms with van der Waals surface area (Å²) < 4.78 is 12.3. The molecule has 39 heavy (non-hydrogen) atoms. The van der Waals surface area contributed by atoms with Crippen LogP contribution in [-0.2, 0) is 20.9 Å². The minimum Gasteiger partial charge on any atom is -0.484 e. The number of rotatable bonds is 12. The molecular formula is C28H27N5O5S. The topological polar surface area (TPSA) is 124 Å². The molecular weight excluding hydrogens is 518 g/mol. The van der Waals surface area contributed by atoms with Crippen molar-refractivity contribution in [3.05, 3.63) is 96.3 Å². The summed E-state index contributed by atoms with van der Waals surface area (Å²) in [7, 11) is 0. The van der Waals surface area contributed by atoms with Crippen LogP contribution < -0.4 is 15.4 Å². The Labute approximate surface area is 229 Å². The van der Waals surface area contributed by atoms with E-state index in [2.05, 4.69) is 20.8 Å². The minimum absolute atomic E-state index is 0.0713. The number of nitrogens with one attached hydrogen (secondary N) is 2. The van der Waals surface area contributed by atoms with Gasteiger partial charge in [-0.2, -0.15) is 0 Å². The number of aromatic nitrogens is 3. The van der Waals surface area contributed by atoms with Crippen LogP contribution in [0.5, 0.6) is 5.75 Å². The molecule has 0 aliphatic carbocycles. The van der Waals surface area contributed by atoms with Crippen LogP contribution >= 0.6 is 11.8 Å². The molecule has 0 aliphatic rings. The van der Waals surface area contributed by atoms with Gasteiger partial charge in [0.15, 0.2) is 17.6 Å². The van der Waals surface area contributed by atoms with Crippen molar-refractivity contribution in [2.24, 2.45) is 0 Å². The lowest BCUT2D eigenvalue weighted by atomic mass is 10.2. The van der Waals surface area contributed by atoms with Crippen molar-refractivity contribution in [1.29, 1.82) is 0 Å². The molecule has 0 saturated heterocycles. The molecule has 0 aliphatic heterocycles. The molecule has 2 amide bonds. The molecule has 3 aromatic carbocycles. The van der Waals surface area contributed by atoms with Gasteiger partial charge in [-0.15, -0.1) is 10.2 Å². The molecule has 2 N–H and O–H groups in total. The van der Waals surface area contributed by atoms with Gasteiger partial charge in [-0.25, -0.2) is 4.79 Å². The number of anilines is 1. The summed E-state index contributed by atoms with van der Waals surface area (Å²) in [4.78, 5) is 36.8. The van der Waals surface area contributed by atoms with Crippen molar-refractivity contribution >= 4 is 35.2 Å². The molecule has 10 nitrogen and oxygen atoms in total. The number of esters is 1. The summed E-state index contributed by atoms with van der Waals surface area (Å²) in [5.74, 6) is 0.214. The van der Waals surface area contributed by atoms with Crippen LogP contribution in [0.25, 0.3) is 5.69 Å². The quantitative estimate of drug-likeness (QED) is 0.203. The van der Waals surface area contributed by atoms with Crippen molar-refractivity contribution < 1.29 is 23.9 Å². The van der Waals surface area contributed by atoms with E-state index in [-0.39, 0.29) is 30.7 Å². The summed E-state index contributed by atoms with van der Waals surface area (Å²) >= 11 is 1.21. The molecule has 1 aromatic heterocycles. The zero-order valence-electron chi connectivity index (χ0n) is 21.2. The summed E-state index contributed by atoms with van der Waals surface area (Å²) in [6.45, 7) is 2.02. The first-order valence-corrected chi connectivity index (χ1v) is 13.2. The van der Waals surface area contributed by atoms with Crippen LogP contribution in [0.1, 0.15) is 23.1 Å². The Morgan fingerprint density at radius 1 is 0.872 bits per heavy atom. The van der Waals surface area contributed by atoms with Gasteiger partial charge in [0.05, 0.1) is 24.5 Å². The zero-order valence-corrected chi connectivity index (χ0v) is 22.0. The zero-order chi connectivity index (χ0) is 27.5. The minimum atomic E-state index is -0.415. The van der Waals surface area contributed by atoms with E-state index in [1.807, 2.05) is 48.5 Å². The fourth-order valence-corrected chi connectivity index (χ4v) is 4.24. The number of benzene rings is 3. The molecule has 0 atom stereocenters. The third-order valence-corrected chi connectivity index (χ3v) is 6.21. The van der Waals surface area contributed by atoms with Crippen LogP contribution in [0, 0.1) is 0 Å². The Morgan fingerprint density at radius 3 is 2.26 bits per heavy atom. The Hall–Kier alpha value is -4.64. The number of para-hydroxylation sites is 2. The normalized spacial score (nSPS) is 10.5. The van der Waals surface area contributed by atoms with E-state index in [1.54, 1.807) is 47.9 Å². The van der Waals surface area contributed by atoms with E-state index in [4.69, 9.17) is 9.47 Å².